The Morgan fingerprint density at radius 3 is 2.35 bits per heavy atom. The number of hydrogen-bond acceptors (Lipinski definition) is 3. The smallest absolute Gasteiger partial charge is 0.310 e. The van der Waals surface area contributed by atoms with Crippen LogP contribution in [-0.2, 0) is 9.59 Å². The van der Waals surface area contributed by atoms with E-state index in [0.29, 0.717) is 5.76 Å². The number of carbonyl (C=O) groups is 2. The number of aliphatic carboxylic acids is 1. The largest absolute Gasteiger partial charge is 0.481 e. The maximum Gasteiger partial charge on any atom is 0.310 e. The molecule has 1 heterocycles. The van der Waals surface area contributed by atoms with Gasteiger partial charge in [-0.1, -0.05) is 13.8 Å². The van der Waals surface area contributed by atoms with E-state index in [-0.39, 0.29) is 24.3 Å². The highest BCUT2D eigenvalue weighted by Crippen LogP contribution is 2.31. The molecule has 20 heavy (non-hydrogen) atoms. The maximum absolute atomic E-state index is 12.0. The summed E-state index contributed by atoms with van der Waals surface area (Å²) in [4.78, 5) is 23.4. The number of hydrogen-bond donors (Lipinski definition) is 2. The van der Waals surface area contributed by atoms with E-state index in [9.17, 15) is 14.7 Å². The van der Waals surface area contributed by atoms with Crippen molar-refractivity contribution in [2.24, 2.45) is 11.3 Å². The van der Waals surface area contributed by atoms with Crippen molar-refractivity contribution in [3.8, 4) is 0 Å². The third-order valence-electron chi connectivity index (χ3n) is 3.86. The molecule has 0 spiro atoms. The number of rotatable bonds is 6. The number of furan rings is 1. The SMILES string of the molecule is Cc1ccc(C(C)NC(=O)CC(C)(C(=O)O)C(C)C)o1. The van der Waals surface area contributed by atoms with Gasteiger partial charge < -0.3 is 14.8 Å². The molecule has 0 aromatic carbocycles. The van der Waals surface area contributed by atoms with Crippen LogP contribution in [0.25, 0.3) is 0 Å². The molecular weight excluding hydrogens is 258 g/mol. The Hall–Kier alpha value is -1.78. The first-order valence-electron chi connectivity index (χ1n) is 6.76. The van der Waals surface area contributed by atoms with Gasteiger partial charge in [0.2, 0.25) is 5.91 Å². The lowest BCUT2D eigenvalue weighted by Gasteiger charge is -2.28. The van der Waals surface area contributed by atoms with Crippen molar-refractivity contribution in [1.29, 1.82) is 0 Å². The van der Waals surface area contributed by atoms with E-state index in [1.807, 2.05) is 19.9 Å². The quantitative estimate of drug-likeness (QED) is 0.840. The molecule has 0 saturated carbocycles. The van der Waals surface area contributed by atoms with Gasteiger partial charge in [-0.25, -0.2) is 0 Å². The summed E-state index contributed by atoms with van der Waals surface area (Å²) in [6, 6.07) is 3.36. The van der Waals surface area contributed by atoms with Gasteiger partial charge in [-0.05, 0) is 38.8 Å². The van der Waals surface area contributed by atoms with Gasteiger partial charge in [0, 0.05) is 6.42 Å². The minimum Gasteiger partial charge on any atom is -0.481 e. The standard InChI is InChI=1S/C15H23NO4/c1-9(2)15(5,14(18)19)8-13(17)16-11(4)12-7-6-10(3)20-12/h6-7,9,11H,8H2,1-5H3,(H,16,17)(H,18,19). The zero-order valence-corrected chi connectivity index (χ0v) is 12.7. The normalized spacial score (nSPS) is 15.7. The molecule has 0 aliphatic rings. The molecule has 2 atom stereocenters. The summed E-state index contributed by atoms with van der Waals surface area (Å²) in [6.07, 6.45) is -0.0516. The Kier molecular flexibility index (Phi) is 4.98. The Bertz CT molecular complexity index is 492. The van der Waals surface area contributed by atoms with Crippen molar-refractivity contribution in [2.45, 2.75) is 47.1 Å². The zero-order chi connectivity index (χ0) is 15.5. The average molecular weight is 281 g/mol. The number of carboxylic acid groups (broad SMARTS) is 1. The van der Waals surface area contributed by atoms with Crippen LogP contribution in [0, 0.1) is 18.3 Å². The number of aryl methyl sites for hydroxylation is 1. The number of amides is 1. The second-order valence-corrected chi connectivity index (χ2v) is 5.79. The van der Waals surface area contributed by atoms with Crippen molar-refractivity contribution in [3.05, 3.63) is 23.7 Å². The third-order valence-corrected chi connectivity index (χ3v) is 3.86. The van der Waals surface area contributed by atoms with E-state index in [1.54, 1.807) is 26.8 Å². The predicted molar refractivity (Wildman–Crippen MR) is 75.2 cm³/mol. The lowest BCUT2D eigenvalue weighted by molar-refractivity contribution is -0.153. The van der Waals surface area contributed by atoms with Gasteiger partial charge >= 0.3 is 5.97 Å². The molecular formula is C15H23NO4. The fraction of sp³-hybridized carbons (Fsp3) is 0.600. The Morgan fingerprint density at radius 1 is 1.35 bits per heavy atom. The van der Waals surface area contributed by atoms with Crippen LogP contribution in [0.2, 0.25) is 0 Å². The molecule has 5 nitrogen and oxygen atoms in total. The van der Waals surface area contributed by atoms with E-state index in [2.05, 4.69) is 5.32 Å². The molecule has 0 aliphatic heterocycles. The van der Waals surface area contributed by atoms with Crippen LogP contribution in [0.4, 0.5) is 0 Å². The molecule has 0 bridgehead atoms. The minimum absolute atomic E-state index is 0.0516. The molecule has 0 radical (unpaired) electrons. The van der Waals surface area contributed by atoms with Crippen LogP contribution in [-0.4, -0.2) is 17.0 Å². The van der Waals surface area contributed by atoms with Crippen molar-refractivity contribution >= 4 is 11.9 Å². The molecule has 5 heteroatoms. The number of carboxylic acids is 1. The number of nitrogens with one attached hydrogen (secondary N) is 1. The fourth-order valence-electron chi connectivity index (χ4n) is 1.91. The van der Waals surface area contributed by atoms with Crippen molar-refractivity contribution in [1.82, 2.24) is 5.32 Å². The van der Waals surface area contributed by atoms with Gasteiger partial charge in [0.05, 0.1) is 11.5 Å². The zero-order valence-electron chi connectivity index (χ0n) is 12.7. The van der Waals surface area contributed by atoms with Gasteiger partial charge in [-0.3, -0.25) is 9.59 Å². The molecule has 1 amide bonds. The highest BCUT2D eigenvalue weighted by Gasteiger charge is 2.39. The second kappa shape index (κ2) is 6.11. The number of carbonyl (C=O) groups excluding carboxylic acids is 1. The van der Waals surface area contributed by atoms with Crippen LogP contribution < -0.4 is 5.32 Å². The van der Waals surface area contributed by atoms with E-state index >= 15 is 0 Å². The van der Waals surface area contributed by atoms with E-state index in [1.165, 1.54) is 0 Å². The minimum atomic E-state index is -1.07. The fourth-order valence-corrected chi connectivity index (χ4v) is 1.91. The van der Waals surface area contributed by atoms with Crippen LogP contribution in [0.15, 0.2) is 16.5 Å². The monoisotopic (exact) mass is 281 g/mol. The highest BCUT2D eigenvalue weighted by molar-refractivity contribution is 5.85. The van der Waals surface area contributed by atoms with E-state index < -0.39 is 11.4 Å². The molecule has 2 N–H and O–H groups in total. The third kappa shape index (κ3) is 3.62. The van der Waals surface area contributed by atoms with Crippen molar-refractivity contribution in [2.75, 3.05) is 0 Å². The van der Waals surface area contributed by atoms with Gasteiger partial charge in [-0.15, -0.1) is 0 Å². The van der Waals surface area contributed by atoms with Crippen LogP contribution in [0.5, 0.6) is 0 Å². The summed E-state index contributed by atoms with van der Waals surface area (Å²) in [5.41, 5.74) is -1.07. The molecule has 112 valence electrons. The summed E-state index contributed by atoms with van der Waals surface area (Å²) < 4.78 is 5.44. The molecule has 0 fully saturated rings. The van der Waals surface area contributed by atoms with Crippen LogP contribution >= 0.6 is 0 Å². The summed E-state index contributed by atoms with van der Waals surface area (Å²) in [5, 5.41) is 12.1. The van der Waals surface area contributed by atoms with Crippen LogP contribution in [0.3, 0.4) is 0 Å². The van der Waals surface area contributed by atoms with Crippen molar-refractivity contribution in [3.63, 3.8) is 0 Å². The first kappa shape index (κ1) is 16.3. The lowest BCUT2D eigenvalue weighted by Crippen LogP contribution is -2.39. The second-order valence-electron chi connectivity index (χ2n) is 5.79. The predicted octanol–water partition coefficient (Wildman–Crippen LogP) is 2.90. The first-order chi connectivity index (χ1) is 9.16. The Morgan fingerprint density at radius 2 is 1.95 bits per heavy atom. The summed E-state index contributed by atoms with van der Waals surface area (Å²) in [7, 11) is 0. The van der Waals surface area contributed by atoms with Crippen LogP contribution in [0.1, 0.15) is 51.7 Å². The van der Waals surface area contributed by atoms with E-state index in [4.69, 9.17) is 4.42 Å². The van der Waals surface area contributed by atoms with Gasteiger partial charge in [-0.2, -0.15) is 0 Å². The molecule has 0 saturated heterocycles. The molecule has 1 aromatic heterocycles. The summed E-state index contributed by atoms with van der Waals surface area (Å²) in [5.74, 6) is 0.0669. The average Bonchev–Trinajstić information content (AvgIpc) is 2.75. The Balaban J connectivity index is 2.69. The molecule has 1 rings (SSSR count). The first-order valence-corrected chi connectivity index (χ1v) is 6.76. The molecule has 2 unspecified atom stereocenters. The van der Waals surface area contributed by atoms with Crippen molar-refractivity contribution < 1.29 is 19.1 Å². The van der Waals surface area contributed by atoms with Gasteiger partial charge in [0.25, 0.3) is 0 Å². The summed E-state index contributed by atoms with van der Waals surface area (Å²) in [6.45, 7) is 8.85. The maximum atomic E-state index is 12.0. The highest BCUT2D eigenvalue weighted by atomic mass is 16.4. The lowest BCUT2D eigenvalue weighted by atomic mass is 9.76. The van der Waals surface area contributed by atoms with Gasteiger partial charge in [0.1, 0.15) is 11.5 Å². The topological polar surface area (TPSA) is 79.5 Å². The van der Waals surface area contributed by atoms with E-state index in [0.717, 1.165) is 5.76 Å². The molecule has 1 aromatic rings. The Labute approximate surface area is 119 Å². The summed E-state index contributed by atoms with van der Waals surface area (Å²) >= 11 is 0. The van der Waals surface area contributed by atoms with Gasteiger partial charge in [0.15, 0.2) is 0 Å². The molecule has 0 aliphatic carbocycles.